The molecule has 0 bridgehead atoms. The zero-order valence-electron chi connectivity index (χ0n) is 23.6. The van der Waals surface area contributed by atoms with Crippen LogP contribution >= 0.6 is 0 Å². The second kappa shape index (κ2) is 11.4. The number of hydrogen-bond acceptors (Lipinski definition) is 6. The van der Waals surface area contributed by atoms with Crippen molar-refractivity contribution in [2.45, 2.75) is 6.43 Å². The van der Waals surface area contributed by atoms with Crippen molar-refractivity contribution >= 4 is 43.5 Å². The van der Waals surface area contributed by atoms with Gasteiger partial charge in [0.25, 0.3) is 12.3 Å². The van der Waals surface area contributed by atoms with Crippen molar-refractivity contribution in [3.05, 3.63) is 90.5 Å². The molecule has 0 aliphatic heterocycles. The number of para-hydroxylation sites is 1. The molecule has 0 saturated heterocycles. The lowest BCUT2D eigenvalue weighted by atomic mass is 10.0. The monoisotopic (exact) mass is 637 g/mol. The highest BCUT2D eigenvalue weighted by Crippen LogP contribution is 2.42. The summed E-state index contributed by atoms with van der Waals surface area (Å²) in [6.07, 6.45) is 0.285. The van der Waals surface area contributed by atoms with Crippen LogP contribution in [0.3, 0.4) is 0 Å². The quantitative estimate of drug-likeness (QED) is 0.192. The van der Waals surface area contributed by atoms with E-state index in [1.807, 2.05) is 0 Å². The third-order valence-corrected chi connectivity index (χ3v) is 8.31. The van der Waals surface area contributed by atoms with Crippen LogP contribution in [0.1, 0.15) is 10.4 Å². The molecule has 14 heteroatoms. The summed E-state index contributed by atoms with van der Waals surface area (Å²) in [6, 6.07) is 16.0. The Hall–Kier alpha value is -5.24. The standard InChI is InChI=1S/C31H23F4N5O4S/c1-36-31(41)29-21-12-20(22-14-37-15-23(38-22)26-11-18-5-3-4-6-24(18)40(26)35)25(39(16-28(33)34)45(2,42)43)13-27(21)44-30(29)17-7-9-19(32)10-8-17/h3-15,28H,16H2,1-2H3,(H,36,41). The van der Waals surface area contributed by atoms with Crippen molar-refractivity contribution in [3.8, 4) is 34.0 Å². The molecule has 0 radical (unpaired) electrons. The number of sulfonamides is 1. The second-order valence-corrected chi connectivity index (χ2v) is 12.0. The normalized spacial score (nSPS) is 11.9. The smallest absolute Gasteiger partial charge is 0.257 e. The number of nitrogens with zero attached hydrogens (tertiary/aromatic N) is 4. The number of carbonyl (C=O) groups is 1. The molecule has 0 saturated carbocycles. The summed E-state index contributed by atoms with van der Waals surface area (Å²) < 4.78 is 88.8. The van der Waals surface area contributed by atoms with E-state index in [2.05, 4.69) is 15.3 Å². The summed E-state index contributed by atoms with van der Waals surface area (Å²) in [7, 11) is -2.91. The van der Waals surface area contributed by atoms with Gasteiger partial charge in [0.1, 0.15) is 28.5 Å². The van der Waals surface area contributed by atoms with E-state index in [4.69, 9.17) is 4.42 Å². The van der Waals surface area contributed by atoms with Crippen molar-refractivity contribution in [3.63, 3.8) is 0 Å². The van der Waals surface area contributed by atoms with Crippen LogP contribution in [0.25, 0.3) is 55.8 Å². The number of rotatable bonds is 8. The largest absolute Gasteiger partial charge is 0.455 e. The molecule has 0 aliphatic rings. The molecule has 3 aromatic carbocycles. The molecule has 3 aromatic heterocycles. The molecule has 230 valence electrons. The predicted molar refractivity (Wildman–Crippen MR) is 162 cm³/mol. The maximum atomic E-state index is 15.3. The van der Waals surface area contributed by atoms with Crippen molar-refractivity contribution < 1.29 is 35.3 Å². The van der Waals surface area contributed by atoms with Gasteiger partial charge in [0.15, 0.2) is 0 Å². The third kappa shape index (κ3) is 5.48. The SMILES string of the molecule is CNC(=O)c1c(-c2ccc(F)cc2)oc2cc(N(CC(F)F)S(C)(=O)=O)c(-c3cncc(-c4cc5ccccc5n4F)n3)cc12. The number of amides is 1. The number of furan rings is 1. The van der Waals surface area contributed by atoms with Gasteiger partial charge in [-0.15, -0.1) is 0 Å². The first-order chi connectivity index (χ1) is 21.5. The molecule has 1 N–H and O–H groups in total. The van der Waals surface area contributed by atoms with E-state index in [1.165, 1.54) is 55.8 Å². The average molecular weight is 638 g/mol. The minimum absolute atomic E-state index is 0.000975. The number of fused-ring (bicyclic) bond motifs is 2. The van der Waals surface area contributed by atoms with Crippen LogP contribution in [0.15, 0.2) is 83.5 Å². The number of anilines is 1. The van der Waals surface area contributed by atoms with Crippen molar-refractivity contribution in [1.82, 2.24) is 20.1 Å². The first-order valence-corrected chi connectivity index (χ1v) is 15.2. The summed E-state index contributed by atoms with van der Waals surface area (Å²) >= 11 is 0. The Bertz CT molecular complexity index is 2200. The average Bonchev–Trinajstić information content (AvgIpc) is 3.56. The molecular weight excluding hydrogens is 614 g/mol. The Morgan fingerprint density at radius 3 is 2.42 bits per heavy atom. The Kier molecular flexibility index (Phi) is 7.52. The molecule has 0 aliphatic carbocycles. The predicted octanol–water partition coefficient (Wildman–Crippen LogP) is 6.44. The van der Waals surface area contributed by atoms with Gasteiger partial charge in [-0.25, -0.2) is 26.6 Å². The molecule has 0 unspecified atom stereocenters. The maximum absolute atomic E-state index is 15.3. The summed E-state index contributed by atoms with van der Waals surface area (Å²) in [5.74, 6) is -1.07. The molecule has 6 rings (SSSR count). The first kappa shape index (κ1) is 29.8. The van der Waals surface area contributed by atoms with Gasteiger partial charge in [0, 0.05) is 35.0 Å². The van der Waals surface area contributed by atoms with E-state index in [0.717, 1.165) is 6.26 Å². The third-order valence-electron chi connectivity index (χ3n) is 7.16. The van der Waals surface area contributed by atoms with Crippen LogP contribution in [0.2, 0.25) is 0 Å². The van der Waals surface area contributed by atoms with E-state index >= 15 is 4.48 Å². The molecule has 0 atom stereocenters. The maximum Gasteiger partial charge on any atom is 0.257 e. The Labute approximate surface area is 253 Å². The number of alkyl halides is 2. The van der Waals surface area contributed by atoms with Crippen LogP contribution < -0.4 is 9.62 Å². The fraction of sp³-hybridized carbons (Fsp3) is 0.129. The highest BCUT2D eigenvalue weighted by atomic mass is 32.2. The van der Waals surface area contributed by atoms with Gasteiger partial charge in [-0.05, 0) is 42.5 Å². The number of carbonyl (C=O) groups excluding carboxylic acids is 1. The van der Waals surface area contributed by atoms with Crippen LogP contribution in [-0.2, 0) is 10.0 Å². The summed E-state index contributed by atoms with van der Waals surface area (Å²) in [4.78, 5) is 22.3. The summed E-state index contributed by atoms with van der Waals surface area (Å²) in [6.45, 7) is -1.20. The van der Waals surface area contributed by atoms with Crippen LogP contribution in [0, 0.1) is 5.82 Å². The highest BCUT2D eigenvalue weighted by Gasteiger charge is 2.29. The van der Waals surface area contributed by atoms with Crippen LogP contribution in [-0.4, -0.2) is 55.4 Å². The van der Waals surface area contributed by atoms with E-state index < -0.39 is 34.7 Å². The van der Waals surface area contributed by atoms with Gasteiger partial charge >= 0.3 is 0 Å². The minimum atomic E-state index is -4.30. The summed E-state index contributed by atoms with van der Waals surface area (Å²) in [5.41, 5.74) is 0.522. The Morgan fingerprint density at radius 2 is 1.76 bits per heavy atom. The van der Waals surface area contributed by atoms with Crippen molar-refractivity contribution in [1.29, 1.82) is 0 Å². The Balaban J connectivity index is 1.65. The molecule has 45 heavy (non-hydrogen) atoms. The van der Waals surface area contributed by atoms with Crippen LogP contribution in [0.5, 0.6) is 0 Å². The molecule has 0 fully saturated rings. The van der Waals surface area contributed by atoms with Gasteiger partial charge in [-0.2, -0.15) is 4.79 Å². The lowest BCUT2D eigenvalue weighted by molar-refractivity contribution is 0.0964. The van der Waals surface area contributed by atoms with E-state index in [1.54, 1.807) is 30.3 Å². The van der Waals surface area contributed by atoms with Gasteiger partial charge < -0.3 is 9.73 Å². The summed E-state index contributed by atoms with van der Waals surface area (Å²) in [5, 5.41) is 3.30. The van der Waals surface area contributed by atoms with Crippen LogP contribution in [0.4, 0.5) is 23.3 Å². The first-order valence-electron chi connectivity index (χ1n) is 13.4. The van der Waals surface area contributed by atoms with Crippen molar-refractivity contribution in [2.24, 2.45) is 0 Å². The number of hydrogen-bond donors (Lipinski definition) is 1. The molecule has 9 nitrogen and oxygen atoms in total. The van der Waals surface area contributed by atoms with Gasteiger partial charge in [0.2, 0.25) is 10.0 Å². The molecule has 0 spiro atoms. The van der Waals surface area contributed by atoms with Gasteiger partial charge in [-0.3, -0.25) is 14.1 Å². The fourth-order valence-electron chi connectivity index (χ4n) is 5.15. The second-order valence-electron chi connectivity index (χ2n) is 10.1. The zero-order chi connectivity index (χ0) is 32.0. The van der Waals surface area contributed by atoms with E-state index in [-0.39, 0.29) is 56.1 Å². The fourth-order valence-corrected chi connectivity index (χ4v) is 6.04. The molecule has 6 aromatic rings. The highest BCUT2D eigenvalue weighted by molar-refractivity contribution is 7.92. The number of benzene rings is 3. The van der Waals surface area contributed by atoms with E-state index in [9.17, 15) is 26.4 Å². The molecule has 3 heterocycles. The van der Waals surface area contributed by atoms with Crippen molar-refractivity contribution in [2.75, 3.05) is 24.2 Å². The zero-order valence-corrected chi connectivity index (χ0v) is 24.4. The number of nitrogens with one attached hydrogen (secondary N) is 1. The van der Waals surface area contributed by atoms with Gasteiger partial charge in [0.05, 0.1) is 47.7 Å². The topological polar surface area (TPSA) is 110 Å². The lowest BCUT2D eigenvalue weighted by Crippen LogP contribution is -2.34. The Morgan fingerprint density at radius 1 is 1.04 bits per heavy atom. The lowest BCUT2D eigenvalue weighted by Gasteiger charge is -2.24. The molecule has 1 amide bonds. The number of aromatic nitrogens is 3. The van der Waals surface area contributed by atoms with Gasteiger partial charge in [-0.1, -0.05) is 22.7 Å². The molecular formula is C31H23F4N5O4S. The number of halogens is 4. The van der Waals surface area contributed by atoms with E-state index in [0.29, 0.717) is 20.0 Å². The minimum Gasteiger partial charge on any atom is -0.455 e.